The zero-order chi connectivity index (χ0) is 13.7. The van der Waals surface area contributed by atoms with Gasteiger partial charge < -0.3 is 14.8 Å². The van der Waals surface area contributed by atoms with Gasteiger partial charge in [0, 0.05) is 13.1 Å². The van der Waals surface area contributed by atoms with Crippen molar-refractivity contribution >= 4 is 0 Å². The van der Waals surface area contributed by atoms with E-state index >= 15 is 0 Å². The summed E-state index contributed by atoms with van der Waals surface area (Å²) >= 11 is 0. The lowest BCUT2D eigenvalue weighted by molar-refractivity contribution is -0.0688. The molecule has 106 valence electrons. The first-order valence-corrected chi connectivity index (χ1v) is 7.28. The Morgan fingerprint density at radius 3 is 2.47 bits per heavy atom. The van der Waals surface area contributed by atoms with Gasteiger partial charge in [0.1, 0.15) is 5.75 Å². The molecule has 1 N–H and O–H groups in total. The van der Waals surface area contributed by atoms with Crippen LogP contribution >= 0.6 is 0 Å². The van der Waals surface area contributed by atoms with Crippen LogP contribution in [0, 0.1) is 5.92 Å². The largest absolute Gasteiger partial charge is 0.497 e. The average Bonchev–Trinajstić information content (AvgIpc) is 2.49. The van der Waals surface area contributed by atoms with Crippen molar-refractivity contribution in [3.05, 3.63) is 29.8 Å². The van der Waals surface area contributed by atoms with E-state index in [4.69, 9.17) is 9.47 Å². The summed E-state index contributed by atoms with van der Waals surface area (Å²) in [5.74, 6) is 1.54. The number of nitrogens with one attached hydrogen (secondary N) is 1. The topological polar surface area (TPSA) is 30.5 Å². The van der Waals surface area contributed by atoms with E-state index in [2.05, 4.69) is 31.3 Å². The number of hydrogen-bond donors (Lipinski definition) is 1. The number of hydrogen-bond acceptors (Lipinski definition) is 3. The summed E-state index contributed by atoms with van der Waals surface area (Å²) in [4.78, 5) is 0. The Kier molecular flexibility index (Phi) is 5.23. The monoisotopic (exact) mass is 263 g/mol. The molecule has 1 aromatic rings. The van der Waals surface area contributed by atoms with Gasteiger partial charge in [-0.25, -0.2) is 0 Å². The first-order valence-electron chi connectivity index (χ1n) is 7.28. The van der Waals surface area contributed by atoms with Crippen molar-refractivity contribution in [3.63, 3.8) is 0 Å². The van der Waals surface area contributed by atoms with Crippen LogP contribution in [0.5, 0.6) is 5.75 Å². The first-order chi connectivity index (χ1) is 9.28. The van der Waals surface area contributed by atoms with E-state index in [0.717, 1.165) is 18.8 Å². The lowest BCUT2D eigenvalue weighted by Gasteiger charge is -2.35. The van der Waals surface area contributed by atoms with Crippen LogP contribution in [0.2, 0.25) is 0 Å². The smallest absolute Gasteiger partial charge is 0.118 e. The summed E-state index contributed by atoms with van der Waals surface area (Å²) in [7, 11) is 1.69. The van der Waals surface area contributed by atoms with Crippen LogP contribution in [0.15, 0.2) is 24.3 Å². The van der Waals surface area contributed by atoms with Gasteiger partial charge in [-0.15, -0.1) is 0 Å². The van der Waals surface area contributed by atoms with E-state index in [1.54, 1.807) is 7.11 Å². The second-order valence-corrected chi connectivity index (χ2v) is 5.17. The van der Waals surface area contributed by atoms with Crippen molar-refractivity contribution in [1.29, 1.82) is 0 Å². The van der Waals surface area contributed by atoms with Gasteiger partial charge in [-0.2, -0.15) is 0 Å². The minimum Gasteiger partial charge on any atom is -0.497 e. The molecule has 19 heavy (non-hydrogen) atoms. The third-order valence-corrected chi connectivity index (χ3v) is 4.08. The number of morpholine rings is 1. The zero-order valence-corrected chi connectivity index (χ0v) is 12.2. The molecule has 3 nitrogen and oxygen atoms in total. The van der Waals surface area contributed by atoms with Crippen molar-refractivity contribution in [2.24, 2.45) is 5.92 Å². The third-order valence-electron chi connectivity index (χ3n) is 4.08. The highest BCUT2D eigenvalue weighted by Gasteiger charge is 2.27. The Labute approximate surface area is 116 Å². The molecule has 0 spiro atoms. The lowest BCUT2D eigenvalue weighted by atomic mass is 9.94. The fourth-order valence-electron chi connectivity index (χ4n) is 2.77. The normalized spacial score (nSPS) is 23.6. The molecule has 1 aliphatic rings. The Balaban J connectivity index is 2.03. The fraction of sp³-hybridized carbons (Fsp3) is 0.625. The predicted molar refractivity (Wildman–Crippen MR) is 77.5 cm³/mol. The van der Waals surface area contributed by atoms with Crippen LogP contribution < -0.4 is 10.1 Å². The number of ether oxygens (including phenoxy) is 2. The molecule has 1 aliphatic heterocycles. The van der Waals surface area contributed by atoms with E-state index in [0.29, 0.717) is 12.0 Å². The standard InChI is InChI=1S/C16H25NO2/c1-4-12(5-2)15-10-17-11-16(19-15)13-6-8-14(18-3)9-7-13/h6-9,12,15-17H,4-5,10-11H2,1-3H3. The first kappa shape index (κ1) is 14.4. The molecule has 0 aliphatic carbocycles. The molecule has 2 unspecified atom stereocenters. The molecular weight excluding hydrogens is 238 g/mol. The van der Waals surface area contributed by atoms with Crippen LogP contribution in [0.25, 0.3) is 0 Å². The molecule has 2 atom stereocenters. The molecule has 1 fully saturated rings. The number of methoxy groups -OCH3 is 1. The predicted octanol–water partition coefficient (Wildman–Crippen LogP) is 3.16. The minimum atomic E-state index is 0.158. The van der Waals surface area contributed by atoms with Crippen LogP contribution in [-0.4, -0.2) is 26.3 Å². The highest BCUT2D eigenvalue weighted by atomic mass is 16.5. The summed E-state index contributed by atoms with van der Waals surface area (Å²) in [5.41, 5.74) is 1.23. The Morgan fingerprint density at radius 1 is 1.21 bits per heavy atom. The second kappa shape index (κ2) is 6.92. The van der Waals surface area contributed by atoms with Gasteiger partial charge in [-0.1, -0.05) is 38.8 Å². The van der Waals surface area contributed by atoms with Gasteiger partial charge in [-0.05, 0) is 23.6 Å². The fourth-order valence-corrected chi connectivity index (χ4v) is 2.77. The molecule has 0 aromatic heterocycles. The highest BCUT2D eigenvalue weighted by Crippen LogP contribution is 2.28. The van der Waals surface area contributed by atoms with E-state index < -0.39 is 0 Å². The number of benzene rings is 1. The van der Waals surface area contributed by atoms with Crippen molar-refractivity contribution in [2.45, 2.75) is 38.9 Å². The van der Waals surface area contributed by atoms with Crippen LogP contribution in [0.1, 0.15) is 38.4 Å². The lowest BCUT2D eigenvalue weighted by Crippen LogP contribution is -2.44. The van der Waals surface area contributed by atoms with Gasteiger partial charge >= 0.3 is 0 Å². The molecule has 1 saturated heterocycles. The minimum absolute atomic E-state index is 0.158. The molecule has 1 aromatic carbocycles. The maximum absolute atomic E-state index is 6.29. The van der Waals surface area contributed by atoms with Gasteiger partial charge in [0.15, 0.2) is 0 Å². The molecule has 0 bridgehead atoms. The maximum atomic E-state index is 6.29. The summed E-state index contributed by atoms with van der Waals surface area (Å²) < 4.78 is 11.5. The Morgan fingerprint density at radius 2 is 1.89 bits per heavy atom. The van der Waals surface area contributed by atoms with E-state index in [1.165, 1.54) is 18.4 Å². The summed E-state index contributed by atoms with van der Waals surface area (Å²) in [6, 6.07) is 8.19. The SMILES string of the molecule is CCC(CC)C1CNCC(c2ccc(OC)cc2)O1. The van der Waals surface area contributed by atoms with Crippen LogP contribution in [0.3, 0.4) is 0 Å². The Bertz CT molecular complexity index is 373. The van der Waals surface area contributed by atoms with Gasteiger partial charge in [0.25, 0.3) is 0 Å². The molecule has 2 rings (SSSR count). The molecule has 0 saturated carbocycles. The van der Waals surface area contributed by atoms with Crippen molar-refractivity contribution in [2.75, 3.05) is 20.2 Å². The quantitative estimate of drug-likeness (QED) is 0.885. The molecule has 1 heterocycles. The van der Waals surface area contributed by atoms with Crippen molar-refractivity contribution < 1.29 is 9.47 Å². The average molecular weight is 263 g/mol. The zero-order valence-electron chi connectivity index (χ0n) is 12.2. The maximum Gasteiger partial charge on any atom is 0.118 e. The molecule has 0 amide bonds. The summed E-state index contributed by atoms with van der Waals surface area (Å²) in [6.07, 6.45) is 2.84. The van der Waals surface area contributed by atoms with Gasteiger partial charge in [-0.3, -0.25) is 0 Å². The second-order valence-electron chi connectivity index (χ2n) is 5.17. The van der Waals surface area contributed by atoms with Crippen molar-refractivity contribution in [3.8, 4) is 5.75 Å². The molecular formula is C16H25NO2. The van der Waals surface area contributed by atoms with E-state index in [9.17, 15) is 0 Å². The van der Waals surface area contributed by atoms with Gasteiger partial charge in [0.05, 0.1) is 19.3 Å². The Hall–Kier alpha value is -1.06. The summed E-state index contributed by atoms with van der Waals surface area (Å²) in [6.45, 7) is 6.35. The number of rotatable bonds is 5. The van der Waals surface area contributed by atoms with Gasteiger partial charge in [0.2, 0.25) is 0 Å². The van der Waals surface area contributed by atoms with Crippen LogP contribution in [-0.2, 0) is 4.74 Å². The third kappa shape index (κ3) is 3.48. The molecule has 0 radical (unpaired) electrons. The summed E-state index contributed by atoms with van der Waals surface area (Å²) in [5, 5.41) is 3.50. The highest BCUT2D eigenvalue weighted by molar-refractivity contribution is 5.28. The van der Waals surface area contributed by atoms with E-state index in [-0.39, 0.29) is 6.10 Å². The van der Waals surface area contributed by atoms with Crippen LogP contribution in [0.4, 0.5) is 0 Å². The van der Waals surface area contributed by atoms with E-state index in [1.807, 2.05) is 12.1 Å². The molecule has 3 heteroatoms. The van der Waals surface area contributed by atoms with Crippen molar-refractivity contribution in [1.82, 2.24) is 5.32 Å².